The van der Waals surface area contributed by atoms with E-state index in [0.29, 0.717) is 32.5 Å². The number of hydrogen-bond acceptors (Lipinski definition) is 3. The van der Waals surface area contributed by atoms with Crippen LogP contribution in [0.5, 0.6) is 0 Å². The normalized spacial score (nSPS) is 20.4. The average Bonchev–Trinajstić information content (AvgIpc) is 2.89. The van der Waals surface area contributed by atoms with Crippen molar-refractivity contribution in [1.82, 2.24) is 0 Å². The third-order valence-corrected chi connectivity index (χ3v) is 7.29. The third-order valence-electron chi connectivity index (χ3n) is 7.29. The lowest BCUT2D eigenvalue weighted by Crippen LogP contribution is -2.50. The van der Waals surface area contributed by atoms with E-state index in [1.165, 1.54) is 5.56 Å². The zero-order valence-electron chi connectivity index (χ0n) is 21.9. The maximum absolute atomic E-state index is 13.3. The first kappa shape index (κ1) is 26.3. The monoisotopic (exact) mass is 485 g/mol. The van der Waals surface area contributed by atoms with E-state index in [9.17, 15) is 10.0 Å². The highest BCUT2D eigenvalue weighted by Crippen LogP contribution is 2.31. The van der Waals surface area contributed by atoms with Crippen molar-refractivity contribution in [3.8, 4) is 0 Å². The number of quaternary nitrogens is 1. The fourth-order valence-electron chi connectivity index (χ4n) is 5.00. The number of benzene rings is 3. The molecule has 190 valence electrons. The molecule has 0 N–H and O–H groups in total. The number of ether oxygens (including phenoxy) is 1. The van der Waals surface area contributed by atoms with Crippen LogP contribution in [0, 0.1) is 5.21 Å². The predicted octanol–water partition coefficient (Wildman–Crippen LogP) is 7.23. The number of hydroxylamine groups is 3. The van der Waals surface area contributed by atoms with Gasteiger partial charge in [-0.1, -0.05) is 106 Å². The van der Waals surface area contributed by atoms with Gasteiger partial charge in [-0.25, -0.2) is 0 Å². The van der Waals surface area contributed by atoms with E-state index in [1.54, 1.807) is 0 Å². The van der Waals surface area contributed by atoms with E-state index in [0.717, 1.165) is 29.5 Å². The number of Topliss-reactive ketones (excluding diaryl/α,β-unsaturated/α-hetero) is 1. The number of carbonyl (C=O) groups excluding carboxylic acids is 1. The molecule has 4 nitrogen and oxygen atoms in total. The molecule has 0 bridgehead atoms. The second-order valence-electron chi connectivity index (χ2n) is 11.1. The van der Waals surface area contributed by atoms with Gasteiger partial charge in [-0.2, -0.15) is 0 Å². The van der Waals surface area contributed by atoms with Crippen molar-refractivity contribution < 1.29 is 14.2 Å². The Hall–Kier alpha value is -2.79. The molecule has 4 heteroatoms. The van der Waals surface area contributed by atoms with E-state index in [-0.39, 0.29) is 28.1 Å². The number of rotatable bonds is 9. The van der Waals surface area contributed by atoms with E-state index in [2.05, 4.69) is 45.0 Å². The fourth-order valence-corrected chi connectivity index (χ4v) is 5.00. The first-order valence-electron chi connectivity index (χ1n) is 13.2. The van der Waals surface area contributed by atoms with Gasteiger partial charge in [0.2, 0.25) is 0 Å². The predicted molar refractivity (Wildman–Crippen MR) is 146 cm³/mol. The van der Waals surface area contributed by atoms with Crippen molar-refractivity contribution in [1.29, 1.82) is 0 Å². The zero-order valence-corrected chi connectivity index (χ0v) is 21.9. The highest BCUT2D eigenvalue weighted by molar-refractivity contribution is 5.96. The minimum absolute atomic E-state index is 0.0542. The summed E-state index contributed by atoms with van der Waals surface area (Å²) in [7, 11) is 0. The fraction of sp³-hybridized carbons (Fsp3) is 0.406. The zero-order chi connectivity index (χ0) is 25.6. The molecule has 1 heterocycles. The molecular formula is C32H39NO3. The number of carbonyl (C=O) groups is 1. The van der Waals surface area contributed by atoms with Crippen molar-refractivity contribution in [3.05, 3.63) is 112 Å². The first-order valence-corrected chi connectivity index (χ1v) is 13.2. The lowest BCUT2D eigenvalue weighted by atomic mass is 9.86. The van der Waals surface area contributed by atoms with Crippen LogP contribution >= 0.6 is 0 Å². The van der Waals surface area contributed by atoms with Gasteiger partial charge in [-0.3, -0.25) is 4.79 Å². The molecule has 0 amide bonds. The summed E-state index contributed by atoms with van der Waals surface area (Å²) < 4.78 is 6.36. The molecule has 0 aromatic heterocycles. The Kier molecular flexibility index (Phi) is 8.40. The van der Waals surface area contributed by atoms with Gasteiger partial charge in [0.25, 0.3) is 0 Å². The Balaban J connectivity index is 1.28. The van der Waals surface area contributed by atoms with Gasteiger partial charge < -0.3 is 14.6 Å². The van der Waals surface area contributed by atoms with Crippen LogP contribution in [0.1, 0.15) is 79.6 Å². The largest absolute Gasteiger partial charge is 0.633 e. The maximum atomic E-state index is 13.3. The minimum Gasteiger partial charge on any atom is -0.633 e. The van der Waals surface area contributed by atoms with Crippen LogP contribution in [-0.4, -0.2) is 36.2 Å². The standard InChI is InChI=1S/C32H39NO3/c1-32(2,3)28-18-16-25(17-19-28)30(34)15-10-22-33(35)23-20-29(21-24-33)36-31(26-11-6-4-7-12-26)27-13-8-5-9-14-27/h4-9,11-14,16-19,29,31H,10,15,20-24H2,1-3H3. The molecule has 36 heavy (non-hydrogen) atoms. The van der Waals surface area contributed by atoms with Crippen LogP contribution < -0.4 is 0 Å². The second-order valence-corrected chi connectivity index (χ2v) is 11.1. The van der Waals surface area contributed by atoms with Crippen LogP contribution in [0.4, 0.5) is 0 Å². The molecule has 0 atom stereocenters. The van der Waals surface area contributed by atoms with Crippen LogP contribution in [0.2, 0.25) is 0 Å². The van der Waals surface area contributed by atoms with Gasteiger partial charge >= 0.3 is 0 Å². The van der Waals surface area contributed by atoms with E-state index < -0.39 is 0 Å². The molecule has 1 aliphatic rings. The van der Waals surface area contributed by atoms with E-state index in [4.69, 9.17) is 4.74 Å². The molecular weight excluding hydrogens is 446 g/mol. The molecule has 0 spiro atoms. The highest BCUT2D eigenvalue weighted by Gasteiger charge is 2.30. The Morgan fingerprint density at radius 3 is 1.92 bits per heavy atom. The van der Waals surface area contributed by atoms with Gasteiger partial charge in [0, 0.05) is 31.2 Å². The molecule has 0 unspecified atom stereocenters. The quantitative estimate of drug-likeness (QED) is 0.182. The summed E-state index contributed by atoms with van der Waals surface area (Å²) in [6, 6.07) is 28.5. The Morgan fingerprint density at radius 2 is 1.42 bits per heavy atom. The summed E-state index contributed by atoms with van der Waals surface area (Å²) >= 11 is 0. The number of hydrogen-bond donors (Lipinski definition) is 0. The van der Waals surface area contributed by atoms with Crippen molar-refractivity contribution in [3.63, 3.8) is 0 Å². The molecule has 4 rings (SSSR count). The van der Waals surface area contributed by atoms with Crippen LogP contribution in [0.25, 0.3) is 0 Å². The summed E-state index contributed by atoms with van der Waals surface area (Å²) in [5.74, 6) is 0.119. The Morgan fingerprint density at radius 1 is 0.889 bits per heavy atom. The van der Waals surface area contributed by atoms with Crippen LogP contribution in [0.15, 0.2) is 84.9 Å². The molecule has 1 aliphatic heterocycles. The first-order chi connectivity index (χ1) is 17.2. The summed E-state index contributed by atoms with van der Waals surface area (Å²) in [5, 5.41) is 13.3. The topological polar surface area (TPSA) is 49.4 Å². The van der Waals surface area contributed by atoms with Gasteiger partial charge in [-0.05, 0) is 22.1 Å². The van der Waals surface area contributed by atoms with E-state index in [1.807, 2.05) is 60.7 Å². The maximum Gasteiger partial charge on any atom is 0.163 e. The molecule has 0 saturated carbocycles. The number of piperidine rings is 1. The summed E-state index contributed by atoms with van der Waals surface area (Å²) in [4.78, 5) is 12.7. The smallest absolute Gasteiger partial charge is 0.163 e. The third kappa shape index (κ3) is 6.91. The van der Waals surface area contributed by atoms with Crippen molar-refractivity contribution in [2.75, 3.05) is 19.6 Å². The Labute approximate surface area is 216 Å². The average molecular weight is 486 g/mol. The summed E-state index contributed by atoms with van der Waals surface area (Å²) in [6.45, 7) is 8.06. The van der Waals surface area contributed by atoms with Gasteiger partial charge in [-0.15, -0.1) is 0 Å². The summed E-state index contributed by atoms with van der Waals surface area (Å²) in [5.41, 5.74) is 4.28. The van der Waals surface area contributed by atoms with Crippen molar-refractivity contribution in [2.45, 2.75) is 64.1 Å². The highest BCUT2D eigenvalue weighted by atomic mass is 16.5. The van der Waals surface area contributed by atoms with Crippen LogP contribution in [-0.2, 0) is 10.2 Å². The molecule has 3 aromatic carbocycles. The Bertz CT molecular complexity index is 1060. The minimum atomic E-state index is -0.225. The molecule has 3 aromatic rings. The molecule has 0 aliphatic carbocycles. The lowest BCUT2D eigenvalue weighted by Gasteiger charge is -2.47. The lowest BCUT2D eigenvalue weighted by molar-refractivity contribution is -0.886. The molecule has 1 fully saturated rings. The summed E-state index contributed by atoms with van der Waals surface area (Å²) in [6.07, 6.45) is 2.43. The van der Waals surface area contributed by atoms with Gasteiger partial charge in [0.15, 0.2) is 5.78 Å². The van der Waals surface area contributed by atoms with Gasteiger partial charge in [0.1, 0.15) is 6.10 Å². The SMILES string of the molecule is CC(C)(C)c1ccc(C(=O)CCC[N+]2([O-])CCC(OC(c3ccccc3)c3ccccc3)CC2)cc1. The second kappa shape index (κ2) is 11.5. The molecule has 1 saturated heterocycles. The number of likely N-dealkylation sites (tertiary alicyclic amines) is 1. The van der Waals surface area contributed by atoms with E-state index >= 15 is 0 Å². The number of ketones is 1. The van der Waals surface area contributed by atoms with Crippen LogP contribution in [0.3, 0.4) is 0 Å². The van der Waals surface area contributed by atoms with Crippen molar-refractivity contribution >= 4 is 5.78 Å². The van der Waals surface area contributed by atoms with Crippen molar-refractivity contribution in [2.24, 2.45) is 0 Å². The number of nitrogens with zero attached hydrogens (tertiary/aromatic N) is 1. The molecule has 0 radical (unpaired) electrons. The van der Waals surface area contributed by atoms with Gasteiger partial charge in [0.05, 0.1) is 25.7 Å².